The number of benzene rings is 1. The minimum atomic E-state index is -0.879. The van der Waals surface area contributed by atoms with Crippen molar-refractivity contribution in [1.29, 1.82) is 0 Å². The molecule has 22 heavy (non-hydrogen) atoms. The molecule has 4 heteroatoms. The number of piperidine rings is 1. The van der Waals surface area contributed by atoms with E-state index in [0.717, 1.165) is 6.42 Å². The zero-order chi connectivity index (χ0) is 16.4. The number of carboxylic acids is 1. The molecule has 0 saturated carbocycles. The fourth-order valence-corrected chi connectivity index (χ4v) is 2.88. The summed E-state index contributed by atoms with van der Waals surface area (Å²) in [6, 6.07) is 8.94. The summed E-state index contributed by atoms with van der Waals surface area (Å²) in [6.07, 6.45) is 6.03. The minimum absolute atomic E-state index is 0.137. The van der Waals surface area contributed by atoms with E-state index >= 15 is 0 Å². The van der Waals surface area contributed by atoms with E-state index in [1.807, 2.05) is 6.92 Å². The lowest BCUT2D eigenvalue weighted by Gasteiger charge is -2.36. The molecule has 0 spiro atoms. The van der Waals surface area contributed by atoms with Crippen LogP contribution in [0.15, 0.2) is 30.3 Å². The standard InChI is InChI=1S/C11H23NO.C7H6O2/c1-3-7-12-8-5-4-6-11(12)9-10(2)13;8-7(9)6-4-2-1-3-5-6/h10-11,13H,3-9H2,1-2H3;1-5H,(H,8,9). The van der Waals surface area contributed by atoms with E-state index in [1.165, 1.54) is 38.8 Å². The molecule has 1 aliphatic heterocycles. The summed E-state index contributed by atoms with van der Waals surface area (Å²) in [5.74, 6) is -0.879. The lowest BCUT2D eigenvalue weighted by molar-refractivity contribution is 0.0696. The molecule has 1 heterocycles. The van der Waals surface area contributed by atoms with Gasteiger partial charge in [0.25, 0.3) is 0 Å². The Morgan fingerprint density at radius 1 is 1.32 bits per heavy atom. The van der Waals surface area contributed by atoms with Crippen molar-refractivity contribution in [2.75, 3.05) is 13.1 Å². The molecule has 0 bridgehead atoms. The molecule has 2 rings (SSSR count). The fourth-order valence-electron chi connectivity index (χ4n) is 2.88. The maximum absolute atomic E-state index is 10.2. The Kier molecular flexibility index (Phi) is 8.78. The molecule has 2 N–H and O–H groups in total. The molecule has 0 amide bonds. The molecule has 0 radical (unpaired) electrons. The van der Waals surface area contributed by atoms with Crippen LogP contribution in [-0.4, -0.2) is 46.3 Å². The first kappa shape index (κ1) is 18.7. The van der Waals surface area contributed by atoms with Gasteiger partial charge in [-0.2, -0.15) is 0 Å². The van der Waals surface area contributed by atoms with Gasteiger partial charge in [0, 0.05) is 6.04 Å². The first-order chi connectivity index (χ1) is 10.5. The average molecular weight is 307 g/mol. The number of hydrogen-bond donors (Lipinski definition) is 2. The summed E-state index contributed by atoms with van der Waals surface area (Å²) in [4.78, 5) is 12.8. The van der Waals surface area contributed by atoms with Crippen LogP contribution in [0.2, 0.25) is 0 Å². The number of carboxylic acid groups (broad SMARTS) is 1. The van der Waals surface area contributed by atoms with Crippen molar-refractivity contribution in [1.82, 2.24) is 4.90 Å². The molecule has 2 atom stereocenters. The molecule has 1 fully saturated rings. The van der Waals surface area contributed by atoms with E-state index in [2.05, 4.69) is 11.8 Å². The van der Waals surface area contributed by atoms with Crippen LogP contribution in [0, 0.1) is 0 Å². The highest BCUT2D eigenvalue weighted by molar-refractivity contribution is 5.87. The second kappa shape index (κ2) is 10.4. The number of aromatic carboxylic acids is 1. The zero-order valence-corrected chi connectivity index (χ0v) is 13.7. The summed E-state index contributed by atoms with van der Waals surface area (Å²) in [5, 5.41) is 17.7. The normalized spacial score (nSPS) is 19.9. The van der Waals surface area contributed by atoms with Gasteiger partial charge >= 0.3 is 5.97 Å². The van der Waals surface area contributed by atoms with Crippen LogP contribution in [0.3, 0.4) is 0 Å². The van der Waals surface area contributed by atoms with Gasteiger partial charge in [-0.3, -0.25) is 0 Å². The monoisotopic (exact) mass is 307 g/mol. The molecule has 1 saturated heterocycles. The molecule has 124 valence electrons. The maximum atomic E-state index is 10.2. The second-order valence-electron chi connectivity index (χ2n) is 5.94. The number of aliphatic hydroxyl groups is 1. The third-order valence-corrected chi connectivity index (χ3v) is 3.89. The second-order valence-corrected chi connectivity index (χ2v) is 5.94. The van der Waals surface area contributed by atoms with Crippen LogP contribution in [0.1, 0.15) is 56.3 Å². The van der Waals surface area contributed by atoms with Gasteiger partial charge in [0.2, 0.25) is 0 Å². The number of carbonyl (C=O) groups is 1. The predicted molar refractivity (Wildman–Crippen MR) is 89.2 cm³/mol. The Morgan fingerprint density at radius 2 is 2.00 bits per heavy atom. The van der Waals surface area contributed by atoms with Gasteiger partial charge in [0.05, 0.1) is 11.7 Å². The smallest absolute Gasteiger partial charge is 0.335 e. The quantitative estimate of drug-likeness (QED) is 0.875. The topological polar surface area (TPSA) is 60.8 Å². The van der Waals surface area contributed by atoms with Crippen molar-refractivity contribution in [3.05, 3.63) is 35.9 Å². The molecule has 0 aliphatic carbocycles. The van der Waals surface area contributed by atoms with Gasteiger partial charge in [-0.15, -0.1) is 0 Å². The van der Waals surface area contributed by atoms with Gasteiger partial charge in [0.15, 0.2) is 0 Å². The van der Waals surface area contributed by atoms with Crippen molar-refractivity contribution in [2.24, 2.45) is 0 Å². The molecule has 1 aliphatic rings. The Bertz CT molecular complexity index is 418. The van der Waals surface area contributed by atoms with Crippen molar-refractivity contribution >= 4 is 5.97 Å². The third kappa shape index (κ3) is 7.05. The van der Waals surface area contributed by atoms with Crippen molar-refractivity contribution in [3.8, 4) is 0 Å². The van der Waals surface area contributed by atoms with Crippen LogP contribution in [0.5, 0.6) is 0 Å². The maximum Gasteiger partial charge on any atom is 0.335 e. The molecule has 1 aromatic carbocycles. The van der Waals surface area contributed by atoms with E-state index in [-0.39, 0.29) is 6.10 Å². The summed E-state index contributed by atoms with van der Waals surface area (Å²) in [5.41, 5.74) is 0.331. The Morgan fingerprint density at radius 3 is 2.50 bits per heavy atom. The van der Waals surface area contributed by atoms with Crippen LogP contribution < -0.4 is 0 Å². The minimum Gasteiger partial charge on any atom is -0.478 e. The SMILES string of the molecule is CCCN1CCCCC1CC(C)O.O=C(O)c1ccccc1. The summed E-state index contributed by atoms with van der Waals surface area (Å²) < 4.78 is 0. The van der Waals surface area contributed by atoms with E-state index < -0.39 is 5.97 Å². The summed E-state index contributed by atoms with van der Waals surface area (Å²) >= 11 is 0. The highest BCUT2D eigenvalue weighted by Gasteiger charge is 2.22. The highest BCUT2D eigenvalue weighted by Crippen LogP contribution is 2.20. The number of hydrogen-bond acceptors (Lipinski definition) is 3. The molecular weight excluding hydrogens is 278 g/mol. The molecule has 4 nitrogen and oxygen atoms in total. The van der Waals surface area contributed by atoms with Crippen molar-refractivity contribution in [2.45, 2.75) is 58.1 Å². The zero-order valence-electron chi connectivity index (χ0n) is 13.7. The van der Waals surface area contributed by atoms with Crippen LogP contribution in [-0.2, 0) is 0 Å². The van der Waals surface area contributed by atoms with Crippen LogP contribution in [0.25, 0.3) is 0 Å². The number of rotatable bonds is 5. The largest absolute Gasteiger partial charge is 0.478 e. The van der Waals surface area contributed by atoms with Gasteiger partial charge in [0.1, 0.15) is 0 Å². The van der Waals surface area contributed by atoms with Gasteiger partial charge in [-0.1, -0.05) is 31.5 Å². The van der Waals surface area contributed by atoms with E-state index in [0.29, 0.717) is 11.6 Å². The molecular formula is C18H29NO3. The van der Waals surface area contributed by atoms with E-state index in [4.69, 9.17) is 5.11 Å². The van der Waals surface area contributed by atoms with Crippen molar-refractivity contribution in [3.63, 3.8) is 0 Å². The molecule has 1 aromatic rings. The van der Waals surface area contributed by atoms with Gasteiger partial charge in [-0.05, 0) is 57.8 Å². The van der Waals surface area contributed by atoms with E-state index in [1.54, 1.807) is 30.3 Å². The fraction of sp³-hybridized carbons (Fsp3) is 0.611. The third-order valence-electron chi connectivity index (χ3n) is 3.89. The first-order valence-corrected chi connectivity index (χ1v) is 8.25. The van der Waals surface area contributed by atoms with Crippen molar-refractivity contribution < 1.29 is 15.0 Å². The van der Waals surface area contributed by atoms with Crippen LogP contribution in [0.4, 0.5) is 0 Å². The lowest BCUT2D eigenvalue weighted by Crippen LogP contribution is -2.41. The number of likely N-dealkylation sites (tertiary alicyclic amines) is 1. The Hall–Kier alpha value is -1.39. The van der Waals surface area contributed by atoms with E-state index in [9.17, 15) is 9.90 Å². The van der Waals surface area contributed by atoms with Crippen LogP contribution >= 0.6 is 0 Å². The average Bonchev–Trinajstić information content (AvgIpc) is 2.50. The summed E-state index contributed by atoms with van der Waals surface area (Å²) in [6.45, 7) is 6.58. The number of aliphatic hydroxyl groups excluding tert-OH is 1. The Labute approximate surface area is 133 Å². The predicted octanol–water partition coefficient (Wildman–Crippen LogP) is 3.41. The van der Waals surface area contributed by atoms with Gasteiger partial charge in [-0.25, -0.2) is 4.79 Å². The van der Waals surface area contributed by atoms with Gasteiger partial charge < -0.3 is 15.1 Å². The molecule has 2 unspecified atom stereocenters. The lowest BCUT2D eigenvalue weighted by atomic mass is 9.97. The number of nitrogens with zero attached hydrogens (tertiary/aromatic N) is 1. The summed E-state index contributed by atoms with van der Waals surface area (Å²) in [7, 11) is 0. The highest BCUT2D eigenvalue weighted by atomic mass is 16.4. The Balaban J connectivity index is 0.000000235. The molecule has 0 aromatic heterocycles. The first-order valence-electron chi connectivity index (χ1n) is 8.25.